The van der Waals surface area contributed by atoms with E-state index in [1.54, 1.807) is 17.8 Å². The number of anilines is 1. The Balaban J connectivity index is 1.57. The van der Waals surface area contributed by atoms with Crippen molar-refractivity contribution in [1.29, 1.82) is 0 Å². The molecule has 0 unspecified atom stereocenters. The van der Waals surface area contributed by atoms with Crippen LogP contribution in [0.5, 0.6) is 0 Å². The third-order valence-electron chi connectivity index (χ3n) is 6.48. The first-order valence-electron chi connectivity index (χ1n) is 11.1. The number of aryl methyl sites for hydroxylation is 2. The predicted octanol–water partition coefficient (Wildman–Crippen LogP) is 3.37. The van der Waals surface area contributed by atoms with E-state index in [-0.39, 0.29) is 23.6 Å². The molecule has 2 N–H and O–H groups in total. The monoisotopic (exact) mass is 470 g/mol. The molecule has 9 heteroatoms. The number of hydrogen-bond donors (Lipinski definition) is 2. The lowest BCUT2D eigenvalue weighted by Crippen LogP contribution is -2.48. The van der Waals surface area contributed by atoms with E-state index in [0.29, 0.717) is 35.1 Å². The molecule has 0 aliphatic carbocycles. The summed E-state index contributed by atoms with van der Waals surface area (Å²) in [5.74, 6) is 0.604. The number of nitrogens with one attached hydrogen (secondary N) is 1. The summed E-state index contributed by atoms with van der Waals surface area (Å²) in [6, 6.07) is 3.61. The Hall–Kier alpha value is -2.52. The van der Waals surface area contributed by atoms with Gasteiger partial charge in [-0.3, -0.25) is 4.79 Å². The zero-order valence-corrected chi connectivity index (χ0v) is 19.8. The van der Waals surface area contributed by atoms with Crippen molar-refractivity contribution < 1.29 is 14.6 Å². The number of fused-ring (bicyclic) bond motifs is 3. The molecule has 1 aromatic carbocycles. The van der Waals surface area contributed by atoms with E-state index in [4.69, 9.17) is 26.1 Å². The highest BCUT2D eigenvalue weighted by atomic mass is 35.5. The molecular formula is C24H27ClN4O4. The summed E-state index contributed by atoms with van der Waals surface area (Å²) >= 11 is 6.53. The first-order valence-corrected chi connectivity index (χ1v) is 11.5. The van der Waals surface area contributed by atoms with Gasteiger partial charge in [0.25, 0.3) is 5.56 Å². The van der Waals surface area contributed by atoms with Crippen molar-refractivity contribution in [2.75, 3.05) is 11.9 Å². The molecule has 2 aliphatic rings. The third-order valence-corrected chi connectivity index (χ3v) is 6.75. The molecule has 0 amide bonds. The Bertz CT molecular complexity index is 1290. The minimum atomic E-state index is -0.821. The van der Waals surface area contributed by atoms with Gasteiger partial charge in [-0.15, -0.1) is 0 Å². The average Bonchev–Trinajstić information content (AvgIpc) is 3.19. The van der Waals surface area contributed by atoms with Gasteiger partial charge in [0.15, 0.2) is 6.29 Å². The number of rotatable bonds is 4. The average molecular weight is 471 g/mol. The van der Waals surface area contributed by atoms with Crippen LogP contribution in [0.25, 0.3) is 22.0 Å². The van der Waals surface area contributed by atoms with Crippen molar-refractivity contribution in [2.24, 2.45) is 7.05 Å². The molecule has 4 heterocycles. The lowest BCUT2D eigenvalue weighted by atomic mass is 9.93. The summed E-state index contributed by atoms with van der Waals surface area (Å²) in [4.78, 5) is 21.8. The Labute approximate surface area is 196 Å². The minimum absolute atomic E-state index is 0.0365. The van der Waals surface area contributed by atoms with Gasteiger partial charge in [-0.2, -0.15) is 0 Å². The van der Waals surface area contributed by atoms with Crippen molar-refractivity contribution in [3.8, 4) is 11.3 Å². The Morgan fingerprint density at radius 2 is 2.09 bits per heavy atom. The van der Waals surface area contributed by atoms with E-state index in [2.05, 4.69) is 24.1 Å². The predicted molar refractivity (Wildman–Crippen MR) is 127 cm³/mol. The van der Waals surface area contributed by atoms with Crippen LogP contribution in [0.2, 0.25) is 5.02 Å². The van der Waals surface area contributed by atoms with Gasteiger partial charge < -0.3 is 24.5 Å². The smallest absolute Gasteiger partial charge is 0.258 e. The number of aromatic nitrogens is 3. The van der Waals surface area contributed by atoms with E-state index >= 15 is 0 Å². The number of aliphatic hydroxyl groups is 1. The van der Waals surface area contributed by atoms with Crippen LogP contribution in [0.1, 0.15) is 37.3 Å². The molecule has 174 valence electrons. The van der Waals surface area contributed by atoms with Crippen molar-refractivity contribution in [2.45, 2.75) is 57.6 Å². The highest BCUT2D eigenvalue weighted by Gasteiger charge is 2.43. The highest BCUT2D eigenvalue weighted by molar-refractivity contribution is 6.33. The van der Waals surface area contributed by atoms with E-state index < -0.39 is 12.4 Å². The quantitative estimate of drug-likeness (QED) is 0.603. The number of nitrogens with zero attached hydrogens (tertiary/aromatic N) is 3. The Morgan fingerprint density at radius 1 is 1.30 bits per heavy atom. The van der Waals surface area contributed by atoms with E-state index in [9.17, 15) is 9.90 Å². The van der Waals surface area contributed by atoms with Crippen LogP contribution in [0, 0.1) is 6.92 Å². The van der Waals surface area contributed by atoms with Crippen molar-refractivity contribution in [1.82, 2.24) is 14.5 Å². The second-order valence-electron chi connectivity index (χ2n) is 9.20. The summed E-state index contributed by atoms with van der Waals surface area (Å²) in [7, 11) is 1.78. The summed E-state index contributed by atoms with van der Waals surface area (Å²) < 4.78 is 12.7. The standard InChI is InChI=1S/C24H27ClN4O4/c1-11(2)17-9-29(4)22(31)16-5-12(3)14(7-15(16)17)20-18(25)8-26-24(28-20)27-19-6-13-10-32-23(33-13)21(19)30/h5,7-9,11,13,19,21,23,30H,6,10H2,1-4H3,(H,26,27,28)/t13-,19+,21-,23+/m0/s1. The van der Waals surface area contributed by atoms with Crippen LogP contribution in [0.4, 0.5) is 5.95 Å². The lowest BCUT2D eigenvalue weighted by Gasteiger charge is -2.32. The maximum atomic E-state index is 12.8. The molecule has 2 aromatic heterocycles. The zero-order chi connectivity index (χ0) is 23.4. The van der Waals surface area contributed by atoms with Crippen LogP contribution in [0.15, 0.2) is 29.3 Å². The molecule has 4 atom stereocenters. The summed E-state index contributed by atoms with van der Waals surface area (Å²) in [5.41, 5.74) is 3.35. The SMILES string of the molecule is Cc1cc2c(=O)n(C)cc(C(C)C)c2cc1-c1nc(N[C@@H]2C[C@H]3CO[C@H](O3)[C@H]2O)ncc1Cl. The molecule has 33 heavy (non-hydrogen) atoms. The largest absolute Gasteiger partial charge is 0.386 e. The molecule has 8 nitrogen and oxygen atoms in total. The second kappa shape index (κ2) is 8.36. The lowest BCUT2D eigenvalue weighted by molar-refractivity contribution is -0.156. The zero-order valence-electron chi connectivity index (χ0n) is 19.0. The van der Waals surface area contributed by atoms with Crippen molar-refractivity contribution in [3.05, 3.63) is 51.0 Å². The number of pyridine rings is 1. The molecule has 0 radical (unpaired) electrons. The topological polar surface area (TPSA) is 98.5 Å². The van der Waals surface area contributed by atoms with Crippen LogP contribution < -0.4 is 10.9 Å². The molecule has 2 saturated heterocycles. The van der Waals surface area contributed by atoms with Gasteiger partial charge in [0, 0.05) is 24.2 Å². The number of hydrogen-bond acceptors (Lipinski definition) is 7. The van der Waals surface area contributed by atoms with Gasteiger partial charge >= 0.3 is 0 Å². The van der Waals surface area contributed by atoms with E-state index in [0.717, 1.165) is 22.1 Å². The van der Waals surface area contributed by atoms with E-state index in [1.165, 1.54) is 0 Å². The first kappa shape index (κ1) is 22.3. The first-order chi connectivity index (χ1) is 15.7. The number of halogens is 1. The van der Waals surface area contributed by atoms with Crippen molar-refractivity contribution in [3.63, 3.8) is 0 Å². The van der Waals surface area contributed by atoms with Crippen molar-refractivity contribution >= 4 is 28.3 Å². The van der Waals surface area contributed by atoms with Crippen LogP contribution in [-0.4, -0.2) is 50.8 Å². The molecule has 2 aliphatic heterocycles. The molecule has 0 spiro atoms. The maximum absolute atomic E-state index is 12.8. The van der Waals surface area contributed by atoms with Gasteiger partial charge in [0.05, 0.1) is 35.7 Å². The molecule has 2 bridgehead atoms. The van der Waals surface area contributed by atoms with Crippen LogP contribution in [0.3, 0.4) is 0 Å². The molecule has 0 saturated carbocycles. The van der Waals surface area contributed by atoms with Crippen LogP contribution >= 0.6 is 11.6 Å². The maximum Gasteiger partial charge on any atom is 0.258 e. The summed E-state index contributed by atoms with van der Waals surface area (Å²) in [6.45, 7) is 6.63. The van der Waals surface area contributed by atoms with Gasteiger partial charge in [-0.1, -0.05) is 25.4 Å². The normalized spacial score (nSPS) is 24.6. The number of benzene rings is 1. The Kier molecular flexibility index (Phi) is 5.64. The molecule has 2 fully saturated rings. The number of ether oxygens (including phenoxy) is 2. The summed E-state index contributed by atoms with van der Waals surface area (Å²) in [5, 5.41) is 15.7. The second-order valence-corrected chi connectivity index (χ2v) is 9.60. The van der Waals surface area contributed by atoms with Gasteiger partial charge in [-0.25, -0.2) is 9.97 Å². The third kappa shape index (κ3) is 3.91. The molecular weight excluding hydrogens is 444 g/mol. The van der Waals surface area contributed by atoms with E-state index in [1.807, 2.05) is 25.3 Å². The minimum Gasteiger partial charge on any atom is -0.386 e. The Morgan fingerprint density at radius 3 is 2.85 bits per heavy atom. The molecule has 3 aromatic rings. The van der Waals surface area contributed by atoms with Gasteiger partial charge in [0.1, 0.15) is 6.10 Å². The fraction of sp³-hybridized carbons (Fsp3) is 0.458. The van der Waals surface area contributed by atoms with Gasteiger partial charge in [0.2, 0.25) is 5.95 Å². The fourth-order valence-corrected chi connectivity index (χ4v) is 4.88. The fourth-order valence-electron chi connectivity index (χ4n) is 4.69. The summed E-state index contributed by atoms with van der Waals surface area (Å²) in [6.07, 6.45) is 2.54. The molecule has 5 rings (SSSR count). The van der Waals surface area contributed by atoms with Gasteiger partial charge in [-0.05, 0) is 47.9 Å². The highest BCUT2D eigenvalue weighted by Crippen LogP contribution is 2.35. The number of aliphatic hydroxyl groups excluding tert-OH is 1. The van der Waals surface area contributed by atoms with Crippen LogP contribution in [-0.2, 0) is 16.5 Å².